The van der Waals surface area contributed by atoms with Crippen molar-refractivity contribution in [1.82, 2.24) is 15.0 Å². The monoisotopic (exact) mass is 337 g/mol. The van der Waals surface area contributed by atoms with Crippen molar-refractivity contribution >= 4 is 11.0 Å². The number of aromatic amines is 1. The van der Waals surface area contributed by atoms with Crippen LogP contribution in [0.15, 0.2) is 30.5 Å². The number of methoxy groups -OCH3 is 1. The second kappa shape index (κ2) is 5.54. The number of nitrogens with zero attached hydrogens (tertiary/aromatic N) is 2. The van der Waals surface area contributed by atoms with E-state index in [-0.39, 0.29) is 0 Å². The van der Waals surface area contributed by atoms with Crippen molar-refractivity contribution < 1.29 is 14.2 Å². The van der Waals surface area contributed by atoms with Gasteiger partial charge in [0, 0.05) is 29.7 Å². The third-order valence-corrected chi connectivity index (χ3v) is 5.09. The highest BCUT2D eigenvalue weighted by atomic mass is 16.7. The summed E-state index contributed by atoms with van der Waals surface area (Å²) in [6, 6.07) is 7.79. The number of aromatic nitrogens is 3. The first-order valence-corrected chi connectivity index (χ1v) is 8.55. The van der Waals surface area contributed by atoms with Gasteiger partial charge in [-0.25, -0.2) is 9.97 Å². The quantitative estimate of drug-likeness (QED) is 0.779. The van der Waals surface area contributed by atoms with Crippen LogP contribution in [0, 0.1) is 0 Å². The fraction of sp³-hybridized carbons (Fsp3) is 0.368. The van der Waals surface area contributed by atoms with E-state index in [1.807, 2.05) is 30.5 Å². The molecule has 1 spiro atoms. The molecular formula is C19H19N3O3. The van der Waals surface area contributed by atoms with Gasteiger partial charge in [0.15, 0.2) is 11.6 Å². The van der Waals surface area contributed by atoms with Crippen LogP contribution >= 0.6 is 0 Å². The maximum Gasteiger partial charge on any atom is 0.173 e. The molecule has 5 rings (SSSR count). The van der Waals surface area contributed by atoms with Gasteiger partial charge >= 0.3 is 0 Å². The molecule has 1 fully saturated rings. The van der Waals surface area contributed by atoms with E-state index in [1.165, 1.54) is 11.3 Å². The Hall–Kier alpha value is -2.44. The Labute approximate surface area is 145 Å². The fourth-order valence-electron chi connectivity index (χ4n) is 3.78. The van der Waals surface area contributed by atoms with Crippen molar-refractivity contribution in [2.45, 2.75) is 25.0 Å². The number of rotatable bonds is 2. The molecule has 6 heteroatoms. The first-order chi connectivity index (χ1) is 12.3. The van der Waals surface area contributed by atoms with Crippen molar-refractivity contribution in [2.75, 3.05) is 20.3 Å². The smallest absolute Gasteiger partial charge is 0.173 e. The maximum absolute atomic E-state index is 5.90. The highest BCUT2D eigenvalue weighted by Crippen LogP contribution is 2.38. The van der Waals surface area contributed by atoms with E-state index < -0.39 is 5.79 Å². The number of hydrogen-bond donors (Lipinski definition) is 1. The van der Waals surface area contributed by atoms with Crippen LogP contribution in [0.3, 0.4) is 0 Å². The molecule has 1 aromatic carbocycles. The second-order valence-corrected chi connectivity index (χ2v) is 6.55. The van der Waals surface area contributed by atoms with Gasteiger partial charge in [-0.05, 0) is 30.7 Å². The molecule has 2 aromatic heterocycles. The van der Waals surface area contributed by atoms with Crippen LogP contribution < -0.4 is 4.74 Å². The van der Waals surface area contributed by atoms with Crippen LogP contribution in [0.5, 0.6) is 5.75 Å². The average molecular weight is 337 g/mol. The molecule has 1 N–H and O–H groups in total. The highest BCUT2D eigenvalue weighted by Gasteiger charge is 2.41. The third-order valence-electron chi connectivity index (χ3n) is 5.09. The summed E-state index contributed by atoms with van der Waals surface area (Å²) < 4.78 is 17.0. The zero-order valence-electron chi connectivity index (χ0n) is 14.0. The Balaban J connectivity index is 1.57. The average Bonchev–Trinajstić information content (AvgIpc) is 3.26. The molecular weight excluding hydrogens is 318 g/mol. The summed E-state index contributed by atoms with van der Waals surface area (Å²) in [6.45, 7) is 1.34. The van der Waals surface area contributed by atoms with E-state index in [4.69, 9.17) is 19.2 Å². The maximum atomic E-state index is 5.90. The van der Waals surface area contributed by atoms with Crippen molar-refractivity contribution in [1.29, 1.82) is 0 Å². The number of hydrogen-bond acceptors (Lipinski definition) is 5. The molecule has 1 aliphatic heterocycles. The first-order valence-electron chi connectivity index (χ1n) is 8.55. The molecule has 2 aliphatic rings. The number of H-pyrrole nitrogens is 1. The molecule has 0 saturated carbocycles. The summed E-state index contributed by atoms with van der Waals surface area (Å²) >= 11 is 0. The topological polar surface area (TPSA) is 69.3 Å². The molecule has 25 heavy (non-hydrogen) atoms. The van der Waals surface area contributed by atoms with E-state index in [0.717, 1.165) is 41.6 Å². The van der Waals surface area contributed by atoms with Gasteiger partial charge in [-0.3, -0.25) is 0 Å². The van der Waals surface area contributed by atoms with E-state index in [0.29, 0.717) is 19.0 Å². The predicted molar refractivity (Wildman–Crippen MR) is 92.5 cm³/mol. The van der Waals surface area contributed by atoms with Crippen LogP contribution in [-0.4, -0.2) is 41.1 Å². The van der Waals surface area contributed by atoms with Gasteiger partial charge in [-0.2, -0.15) is 0 Å². The minimum Gasteiger partial charge on any atom is -0.497 e. The van der Waals surface area contributed by atoms with E-state index in [2.05, 4.69) is 9.97 Å². The first kappa shape index (κ1) is 14.9. The molecule has 0 bridgehead atoms. The summed E-state index contributed by atoms with van der Waals surface area (Å²) in [5.74, 6) is 1.07. The van der Waals surface area contributed by atoms with Gasteiger partial charge in [-0.15, -0.1) is 0 Å². The Kier molecular flexibility index (Phi) is 3.29. The Bertz CT molecular complexity index is 927. The standard InChI is InChI=1S/C19H19N3O3/c1-23-13-4-2-12(3-5-13)18-20-11-16-17(22-18)14-10-19(24-8-9-25-19)7-6-15(14)21-16/h2-5,11,21H,6-10H2,1H3. The second-order valence-electron chi connectivity index (χ2n) is 6.55. The predicted octanol–water partition coefficient (Wildman–Crippen LogP) is 2.87. The molecule has 6 nitrogen and oxygen atoms in total. The summed E-state index contributed by atoms with van der Waals surface area (Å²) in [4.78, 5) is 12.8. The van der Waals surface area contributed by atoms with Gasteiger partial charge < -0.3 is 19.2 Å². The van der Waals surface area contributed by atoms with Crippen LogP contribution in [-0.2, 0) is 22.3 Å². The normalized spacial score (nSPS) is 18.6. The molecule has 0 unspecified atom stereocenters. The van der Waals surface area contributed by atoms with Crippen LogP contribution in [0.2, 0.25) is 0 Å². The zero-order valence-corrected chi connectivity index (χ0v) is 14.0. The van der Waals surface area contributed by atoms with Gasteiger partial charge in [0.1, 0.15) is 5.75 Å². The summed E-state index contributed by atoms with van der Waals surface area (Å²) in [5, 5.41) is 0. The number of nitrogens with one attached hydrogen (secondary N) is 1. The lowest BCUT2D eigenvalue weighted by molar-refractivity contribution is -0.163. The Morgan fingerprint density at radius 2 is 1.96 bits per heavy atom. The minimum atomic E-state index is -0.465. The van der Waals surface area contributed by atoms with Gasteiger partial charge in [0.25, 0.3) is 0 Å². The molecule has 1 saturated heterocycles. The van der Waals surface area contributed by atoms with Gasteiger partial charge in [0.2, 0.25) is 0 Å². The SMILES string of the molecule is COc1ccc(-c2ncc3[nH]c4c(c3n2)CC2(CC4)OCCO2)cc1. The lowest BCUT2D eigenvalue weighted by Crippen LogP contribution is -2.36. The summed E-state index contributed by atoms with van der Waals surface area (Å²) in [6.07, 6.45) is 4.39. The number of fused-ring (bicyclic) bond motifs is 3. The van der Waals surface area contributed by atoms with Crippen molar-refractivity contribution in [3.63, 3.8) is 0 Å². The van der Waals surface area contributed by atoms with E-state index in [9.17, 15) is 0 Å². The molecule has 0 amide bonds. The van der Waals surface area contributed by atoms with Crippen LogP contribution in [0.25, 0.3) is 22.4 Å². The highest BCUT2D eigenvalue weighted by molar-refractivity contribution is 5.82. The van der Waals surface area contributed by atoms with Crippen LogP contribution in [0.1, 0.15) is 17.7 Å². The van der Waals surface area contributed by atoms with Crippen molar-refractivity contribution in [2.24, 2.45) is 0 Å². The lowest BCUT2D eigenvalue weighted by Gasteiger charge is -2.31. The van der Waals surface area contributed by atoms with E-state index >= 15 is 0 Å². The molecule has 0 radical (unpaired) electrons. The number of ether oxygens (including phenoxy) is 3. The van der Waals surface area contributed by atoms with Gasteiger partial charge in [0.05, 0.1) is 37.6 Å². The van der Waals surface area contributed by atoms with Crippen LogP contribution in [0.4, 0.5) is 0 Å². The summed E-state index contributed by atoms with van der Waals surface area (Å²) in [7, 11) is 1.66. The Morgan fingerprint density at radius 3 is 2.72 bits per heavy atom. The fourth-order valence-corrected chi connectivity index (χ4v) is 3.78. The van der Waals surface area contributed by atoms with Crippen molar-refractivity contribution in [3.05, 3.63) is 41.7 Å². The summed E-state index contributed by atoms with van der Waals surface area (Å²) in [5.41, 5.74) is 5.32. The molecule has 128 valence electrons. The Morgan fingerprint density at radius 1 is 1.16 bits per heavy atom. The largest absolute Gasteiger partial charge is 0.497 e. The molecule has 1 aliphatic carbocycles. The third kappa shape index (κ3) is 2.41. The number of benzene rings is 1. The molecule has 3 heterocycles. The van der Waals surface area contributed by atoms with Gasteiger partial charge in [-0.1, -0.05) is 0 Å². The molecule has 0 atom stereocenters. The number of aryl methyl sites for hydroxylation is 1. The lowest BCUT2D eigenvalue weighted by atomic mass is 9.91. The molecule has 3 aromatic rings. The van der Waals surface area contributed by atoms with E-state index in [1.54, 1.807) is 7.11 Å². The minimum absolute atomic E-state index is 0.465. The zero-order chi connectivity index (χ0) is 16.9. The van der Waals surface area contributed by atoms with Crippen molar-refractivity contribution in [3.8, 4) is 17.1 Å².